The molecule has 1 atom stereocenters. The highest BCUT2D eigenvalue weighted by Crippen LogP contribution is 2.18. The Balaban J connectivity index is 2.50. The van der Waals surface area contributed by atoms with Gasteiger partial charge in [-0.15, -0.1) is 0 Å². The summed E-state index contributed by atoms with van der Waals surface area (Å²) in [5.41, 5.74) is 0.206. The molecule has 0 fully saturated rings. The Morgan fingerprint density at radius 1 is 1.60 bits per heavy atom. The number of hydrogen-bond acceptors (Lipinski definition) is 1. The summed E-state index contributed by atoms with van der Waals surface area (Å²) in [4.78, 5) is 2.84. The Bertz CT molecular complexity index is 157. The van der Waals surface area contributed by atoms with E-state index in [-0.39, 0.29) is 11.4 Å². The maximum absolute atomic E-state index is 8.96. The van der Waals surface area contributed by atoms with Crippen molar-refractivity contribution in [3.63, 3.8) is 0 Å². The quantitative estimate of drug-likeness (QED) is 0.407. The normalized spacial score (nSPS) is 25.9. The van der Waals surface area contributed by atoms with Gasteiger partial charge in [-0.1, -0.05) is 20.8 Å². The lowest BCUT2D eigenvalue weighted by molar-refractivity contribution is -0.459. The van der Waals surface area contributed by atoms with Crippen molar-refractivity contribution >= 4 is 6.02 Å². The van der Waals surface area contributed by atoms with Crippen LogP contribution < -0.4 is 10.3 Å². The largest absolute Gasteiger partial charge is 0.447 e. The van der Waals surface area contributed by atoms with Gasteiger partial charge < -0.3 is 5.11 Å². The van der Waals surface area contributed by atoms with Crippen LogP contribution in [0.5, 0.6) is 0 Å². The number of rotatable bonds is 0. The van der Waals surface area contributed by atoms with E-state index < -0.39 is 0 Å². The van der Waals surface area contributed by atoms with Crippen LogP contribution in [0.15, 0.2) is 0 Å². The molecule has 1 heterocycles. The molecule has 1 aliphatic rings. The zero-order chi connectivity index (χ0) is 7.78. The summed E-state index contributed by atoms with van der Waals surface area (Å²) < 4.78 is 0. The lowest BCUT2D eigenvalue weighted by Gasteiger charge is -2.21. The molecule has 58 valence electrons. The molecule has 10 heavy (non-hydrogen) atoms. The van der Waals surface area contributed by atoms with Gasteiger partial charge in [-0.25, -0.2) is 10.3 Å². The van der Waals surface area contributed by atoms with Crippen LogP contribution in [0.2, 0.25) is 0 Å². The Kier molecular flexibility index (Phi) is 1.58. The smallest absolute Gasteiger partial charge is 0.439 e. The maximum atomic E-state index is 8.96. The van der Waals surface area contributed by atoms with Crippen molar-refractivity contribution in [2.45, 2.75) is 26.8 Å². The fourth-order valence-electron chi connectivity index (χ4n) is 0.989. The van der Waals surface area contributed by atoms with Gasteiger partial charge in [0.2, 0.25) is 0 Å². The average Bonchev–Trinajstić information content (AvgIpc) is 2.11. The van der Waals surface area contributed by atoms with E-state index in [4.69, 9.17) is 5.11 Å². The van der Waals surface area contributed by atoms with Gasteiger partial charge in [0.1, 0.15) is 12.6 Å². The Hall–Kier alpha value is -0.730. The van der Waals surface area contributed by atoms with E-state index in [9.17, 15) is 0 Å². The van der Waals surface area contributed by atoms with Crippen LogP contribution in [0.1, 0.15) is 20.8 Å². The van der Waals surface area contributed by atoms with Crippen molar-refractivity contribution in [3.05, 3.63) is 0 Å². The van der Waals surface area contributed by atoms with Crippen LogP contribution in [-0.4, -0.2) is 23.7 Å². The van der Waals surface area contributed by atoms with Crippen LogP contribution >= 0.6 is 0 Å². The van der Waals surface area contributed by atoms with E-state index in [2.05, 4.69) is 31.1 Å². The molecule has 0 aliphatic carbocycles. The van der Waals surface area contributed by atoms with Gasteiger partial charge in [-0.2, -0.15) is 0 Å². The van der Waals surface area contributed by atoms with Crippen LogP contribution in [0, 0.1) is 5.41 Å². The fourth-order valence-corrected chi connectivity index (χ4v) is 0.989. The predicted octanol–water partition coefficient (Wildman–Crippen LogP) is -1.00. The molecule has 3 nitrogen and oxygen atoms in total. The molecule has 0 bridgehead atoms. The summed E-state index contributed by atoms with van der Waals surface area (Å²) in [7, 11) is 0. The van der Waals surface area contributed by atoms with E-state index in [0.29, 0.717) is 6.04 Å². The fraction of sp³-hybridized carbons (Fsp3) is 0.857. The van der Waals surface area contributed by atoms with Crippen molar-refractivity contribution in [2.24, 2.45) is 5.41 Å². The third kappa shape index (κ3) is 1.40. The van der Waals surface area contributed by atoms with Crippen molar-refractivity contribution in [3.8, 4) is 0 Å². The van der Waals surface area contributed by atoms with Crippen molar-refractivity contribution in [2.75, 3.05) is 6.54 Å². The number of aliphatic hydroxyl groups excluding tert-OH is 1. The van der Waals surface area contributed by atoms with Crippen molar-refractivity contribution in [1.82, 2.24) is 5.32 Å². The molecule has 3 heteroatoms. The second kappa shape index (κ2) is 2.15. The highest BCUT2D eigenvalue weighted by atomic mass is 16.3. The lowest BCUT2D eigenvalue weighted by Crippen LogP contribution is -2.71. The minimum atomic E-state index is 0.206. The van der Waals surface area contributed by atoms with Crippen molar-refractivity contribution in [1.29, 1.82) is 0 Å². The number of hydrogen-bond donors (Lipinski definition) is 3. The molecular formula is C7H15N2O+. The third-order valence-electron chi connectivity index (χ3n) is 1.83. The summed E-state index contributed by atoms with van der Waals surface area (Å²) in [6, 6.07) is 0.549. The van der Waals surface area contributed by atoms with Crippen LogP contribution in [0.4, 0.5) is 0 Å². The monoisotopic (exact) mass is 143 g/mol. The van der Waals surface area contributed by atoms with Crippen LogP contribution in [-0.2, 0) is 0 Å². The molecule has 3 N–H and O–H groups in total. The molecule has 0 saturated carbocycles. The molecule has 1 aliphatic heterocycles. The minimum Gasteiger partial charge on any atom is -0.447 e. The first-order chi connectivity index (χ1) is 4.50. The summed E-state index contributed by atoms with van der Waals surface area (Å²) in [5, 5.41) is 11.9. The predicted molar refractivity (Wildman–Crippen MR) is 39.8 cm³/mol. The highest BCUT2D eigenvalue weighted by molar-refractivity contribution is 5.66. The summed E-state index contributed by atoms with van der Waals surface area (Å²) in [6.45, 7) is 7.25. The standard InChI is InChI=1S/C7H14N2O/c1-7(2,3)5-4-8-6(10)9-5/h5H,4H2,1-3H3,(H2,8,9,10)/p+1. The van der Waals surface area contributed by atoms with E-state index in [0.717, 1.165) is 6.54 Å². The van der Waals surface area contributed by atoms with Crippen molar-refractivity contribution < 1.29 is 10.1 Å². The molecule has 0 aromatic rings. The Morgan fingerprint density at radius 2 is 2.20 bits per heavy atom. The SMILES string of the molecule is CC(C)(C)C1C[NH+]=C(O)N1. The lowest BCUT2D eigenvalue weighted by atomic mass is 9.87. The first-order valence-electron chi connectivity index (χ1n) is 3.56. The second-order valence-corrected chi connectivity index (χ2v) is 3.79. The summed E-state index contributed by atoms with van der Waals surface area (Å²) in [6.07, 6.45) is 0. The molecule has 0 aromatic heterocycles. The van der Waals surface area contributed by atoms with Gasteiger partial charge in [0.25, 0.3) is 0 Å². The molecule has 0 aromatic carbocycles. The first-order valence-corrected chi connectivity index (χ1v) is 3.56. The molecule has 0 spiro atoms. The van der Waals surface area contributed by atoms with Gasteiger partial charge in [0.15, 0.2) is 0 Å². The first kappa shape index (κ1) is 7.38. The van der Waals surface area contributed by atoms with Crippen LogP contribution in [0.3, 0.4) is 0 Å². The van der Waals surface area contributed by atoms with E-state index in [1.54, 1.807) is 0 Å². The third-order valence-corrected chi connectivity index (χ3v) is 1.83. The van der Waals surface area contributed by atoms with Crippen LogP contribution in [0.25, 0.3) is 0 Å². The van der Waals surface area contributed by atoms with Gasteiger partial charge in [-0.3, -0.25) is 0 Å². The molecule has 0 amide bonds. The van der Waals surface area contributed by atoms with Gasteiger partial charge in [0.05, 0.1) is 0 Å². The zero-order valence-corrected chi connectivity index (χ0v) is 6.73. The second-order valence-electron chi connectivity index (χ2n) is 3.79. The molecule has 1 unspecified atom stereocenters. The highest BCUT2D eigenvalue weighted by Gasteiger charge is 2.34. The summed E-state index contributed by atoms with van der Waals surface area (Å²) in [5.74, 6) is 0. The number of nitrogens with one attached hydrogen (secondary N) is 2. The summed E-state index contributed by atoms with van der Waals surface area (Å²) >= 11 is 0. The average molecular weight is 143 g/mol. The molecule has 0 radical (unpaired) electrons. The van der Waals surface area contributed by atoms with E-state index in [1.807, 2.05) is 0 Å². The molecule has 1 rings (SSSR count). The Morgan fingerprint density at radius 3 is 2.40 bits per heavy atom. The minimum absolute atomic E-state index is 0.206. The zero-order valence-electron chi connectivity index (χ0n) is 6.73. The number of amidine groups is 1. The topological polar surface area (TPSA) is 46.2 Å². The van der Waals surface area contributed by atoms with E-state index in [1.165, 1.54) is 0 Å². The maximum Gasteiger partial charge on any atom is 0.439 e. The van der Waals surface area contributed by atoms with Gasteiger partial charge in [-0.05, 0) is 0 Å². The van der Waals surface area contributed by atoms with Gasteiger partial charge >= 0.3 is 6.02 Å². The van der Waals surface area contributed by atoms with Gasteiger partial charge in [0, 0.05) is 5.41 Å². The molecular weight excluding hydrogens is 128 g/mol. The number of aliphatic hydroxyl groups is 1. The Labute approximate surface area is 61.2 Å². The molecule has 0 saturated heterocycles. The van der Waals surface area contributed by atoms with E-state index >= 15 is 0 Å².